The first-order valence-corrected chi connectivity index (χ1v) is 6.18. The average Bonchev–Trinajstić information content (AvgIpc) is 2.35. The summed E-state index contributed by atoms with van der Waals surface area (Å²) in [7, 11) is 1.66. The van der Waals surface area contributed by atoms with Gasteiger partial charge in [-0.3, -0.25) is 10.1 Å². The molecule has 0 bridgehead atoms. The van der Waals surface area contributed by atoms with E-state index in [1.165, 1.54) is 0 Å². The molecule has 1 atom stereocenters. The Balaban J connectivity index is 2.85. The Morgan fingerprint density at radius 3 is 2.78 bits per heavy atom. The van der Waals surface area contributed by atoms with Gasteiger partial charge in [-0.25, -0.2) is 0 Å². The van der Waals surface area contributed by atoms with Crippen LogP contribution in [0.25, 0.3) is 0 Å². The van der Waals surface area contributed by atoms with E-state index in [0.717, 1.165) is 12.8 Å². The van der Waals surface area contributed by atoms with Gasteiger partial charge in [-0.2, -0.15) is 0 Å². The van der Waals surface area contributed by atoms with E-state index in [1.54, 1.807) is 25.2 Å². The van der Waals surface area contributed by atoms with Gasteiger partial charge in [-0.15, -0.1) is 0 Å². The molecule has 0 heterocycles. The van der Waals surface area contributed by atoms with Gasteiger partial charge in [0.25, 0.3) is 0 Å². The summed E-state index contributed by atoms with van der Waals surface area (Å²) in [6.07, 6.45) is 2.14. The first kappa shape index (κ1) is 14.3. The van der Waals surface area contributed by atoms with Crippen LogP contribution < -0.4 is 10.1 Å². The fourth-order valence-corrected chi connectivity index (χ4v) is 1.84. The molecule has 5 heteroatoms. The van der Waals surface area contributed by atoms with E-state index in [9.17, 15) is 10.1 Å². The Labute approximate surface area is 107 Å². The summed E-state index contributed by atoms with van der Waals surface area (Å²) in [4.78, 5) is 10.6. The van der Waals surface area contributed by atoms with Crippen molar-refractivity contribution in [2.24, 2.45) is 5.92 Å². The van der Waals surface area contributed by atoms with Gasteiger partial charge in [-0.1, -0.05) is 26.3 Å². The molecule has 18 heavy (non-hydrogen) atoms. The number of rotatable bonds is 7. The van der Waals surface area contributed by atoms with Crippen LogP contribution in [0.3, 0.4) is 0 Å². The number of hydrogen-bond donors (Lipinski definition) is 1. The molecule has 0 saturated heterocycles. The van der Waals surface area contributed by atoms with Crippen LogP contribution in [0.4, 0.5) is 11.4 Å². The van der Waals surface area contributed by atoms with Gasteiger partial charge in [0.1, 0.15) is 5.69 Å². The second-order valence-corrected chi connectivity index (χ2v) is 4.36. The minimum absolute atomic E-state index is 0.00342. The molecular formula is C13H20N2O3. The third-order valence-corrected chi connectivity index (χ3v) is 2.76. The monoisotopic (exact) mass is 252 g/mol. The molecule has 1 N–H and O–H groups in total. The third-order valence-electron chi connectivity index (χ3n) is 2.76. The van der Waals surface area contributed by atoms with E-state index in [1.807, 2.05) is 0 Å². The largest absolute Gasteiger partial charge is 0.486 e. The maximum absolute atomic E-state index is 11.1. The van der Waals surface area contributed by atoms with Crippen LogP contribution in [0.2, 0.25) is 0 Å². The van der Waals surface area contributed by atoms with Gasteiger partial charge in [0, 0.05) is 7.05 Å². The molecule has 0 aliphatic rings. The fourth-order valence-electron chi connectivity index (χ4n) is 1.84. The van der Waals surface area contributed by atoms with Crippen molar-refractivity contribution in [3.63, 3.8) is 0 Å². The van der Waals surface area contributed by atoms with Crippen LogP contribution in [0.15, 0.2) is 18.2 Å². The van der Waals surface area contributed by atoms with E-state index in [0.29, 0.717) is 24.0 Å². The van der Waals surface area contributed by atoms with Crippen molar-refractivity contribution in [2.45, 2.75) is 26.7 Å². The lowest BCUT2D eigenvalue weighted by Crippen LogP contribution is -2.09. The molecule has 0 spiro atoms. The highest BCUT2D eigenvalue weighted by Gasteiger charge is 2.20. The van der Waals surface area contributed by atoms with E-state index in [4.69, 9.17) is 4.74 Å². The smallest absolute Gasteiger partial charge is 0.333 e. The summed E-state index contributed by atoms with van der Waals surface area (Å²) in [6, 6.07) is 5.05. The fraction of sp³-hybridized carbons (Fsp3) is 0.538. The lowest BCUT2D eigenvalue weighted by Gasteiger charge is -2.13. The Hall–Kier alpha value is -1.78. The molecule has 0 amide bonds. The summed E-state index contributed by atoms with van der Waals surface area (Å²) in [5.74, 6) is 0.725. The van der Waals surface area contributed by atoms with Crippen molar-refractivity contribution < 1.29 is 9.66 Å². The van der Waals surface area contributed by atoms with Crippen molar-refractivity contribution in [1.82, 2.24) is 0 Å². The highest BCUT2D eigenvalue weighted by Crippen LogP contribution is 2.34. The quantitative estimate of drug-likeness (QED) is 0.596. The van der Waals surface area contributed by atoms with E-state index in [2.05, 4.69) is 19.2 Å². The Kier molecular flexibility index (Phi) is 5.42. The standard InChI is InChI=1S/C13H20N2O3/c1-4-6-10(2)9-18-12-8-5-7-11(14-3)13(12)15(16)17/h5,7-8,10,14H,4,6,9H2,1-3H3. The second-order valence-electron chi connectivity index (χ2n) is 4.36. The van der Waals surface area contributed by atoms with Crippen molar-refractivity contribution >= 4 is 11.4 Å². The van der Waals surface area contributed by atoms with E-state index >= 15 is 0 Å². The van der Waals surface area contributed by atoms with Gasteiger partial charge in [0.15, 0.2) is 5.75 Å². The van der Waals surface area contributed by atoms with Crippen molar-refractivity contribution in [3.8, 4) is 5.75 Å². The predicted octanol–water partition coefficient (Wildman–Crippen LogP) is 3.45. The van der Waals surface area contributed by atoms with Crippen molar-refractivity contribution in [1.29, 1.82) is 0 Å². The summed E-state index contributed by atoms with van der Waals surface area (Å²) in [5.41, 5.74) is 0.476. The van der Waals surface area contributed by atoms with Gasteiger partial charge in [-0.05, 0) is 24.5 Å². The second kappa shape index (κ2) is 6.83. The number of nitrogens with zero attached hydrogens (tertiary/aromatic N) is 1. The van der Waals surface area contributed by atoms with Crippen LogP contribution in [-0.4, -0.2) is 18.6 Å². The van der Waals surface area contributed by atoms with Gasteiger partial charge in [0.2, 0.25) is 0 Å². The number of nitro groups is 1. The Morgan fingerprint density at radius 2 is 2.22 bits per heavy atom. The Bertz CT molecular complexity index is 407. The molecule has 1 aromatic rings. The first-order valence-electron chi connectivity index (χ1n) is 6.18. The van der Waals surface area contributed by atoms with Gasteiger partial charge >= 0.3 is 5.69 Å². The van der Waals surface area contributed by atoms with Crippen LogP contribution in [0.1, 0.15) is 26.7 Å². The van der Waals surface area contributed by atoms with E-state index in [-0.39, 0.29) is 5.69 Å². The van der Waals surface area contributed by atoms with Crippen LogP contribution in [0, 0.1) is 16.0 Å². The van der Waals surface area contributed by atoms with Gasteiger partial charge in [0.05, 0.1) is 11.5 Å². The Morgan fingerprint density at radius 1 is 1.50 bits per heavy atom. The van der Waals surface area contributed by atoms with Crippen molar-refractivity contribution in [2.75, 3.05) is 19.0 Å². The molecule has 0 aliphatic carbocycles. The number of anilines is 1. The number of nitrogens with one attached hydrogen (secondary N) is 1. The number of para-hydroxylation sites is 1. The summed E-state index contributed by atoms with van der Waals surface area (Å²) in [5, 5.41) is 13.9. The number of benzene rings is 1. The molecule has 0 aromatic heterocycles. The zero-order chi connectivity index (χ0) is 13.5. The summed E-state index contributed by atoms with van der Waals surface area (Å²) < 4.78 is 5.57. The maximum atomic E-state index is 11.1. The molecule has 0 radical (unpaired) electrons. The van der Waals surface area contributed by atoms with Crippen LogP contribution in [0.5, 0.6) is 5.75 Å². The van der Waals surface area contributed by atoms with Crippen LogP contribution >= 0.6 is 0 Å². The molecule has 100 valence electrons. The molecular weight excluding hydrogens is 232 g/mol. The normalized spacial score (nSPS) is 11.9. The predicted molar refractivity (Wildman–Crippen MR) is 72.2 cm³/mol. The SMILES string of the molecule is CCCC(C)COc1cccc(NC)c1[N+](=O)[O-]. The molecule has 0 fully saturated rings. The summed E-state index contributed by atoms with van der Waals surface area (Å²) in [6.45, 7) is 4.69. The third kappa shape index (κ3) is 3.61. The lowest BCUT2D eigenvalue weighted by atomic mass is 10.1. The molecule has 1 unspecified atom stereocenters. The minimum atomic E-state index is -0.411. The highest BCUT2D eigenvalue weighted by atomic mass is 16.6. The topological polar surface area (TPSA) is 64.4 Å². The number of ether oxygens (including phenoxy) is 1. The molecule has 1 aromatic carbocycles. The first-order chi connectivity index (χ1) is 8.60. The van der Waals surface area contributed by atoms with E-state index < -0.39 is 4.92 Å². The minimum Gasteiger partial charge on any atom is -0.486 e. The number of nitro benzene ring substituents is 1. The maximum Gasteiger partial charge on any atom is 0.333 e. The summed E-state index contributed by atoms with van der Waals surface area (Å²) >= 11 is 0. The molecule has 0 aliphatic heterocycles. The zero-order valence-corrected chi connectivity index (χ0v) is 11.1. The van der Waals surface area contributed by atoms with Crippen LogP contribution in [-0.2, 0) is 0 Å². The lowest BCUT2D eigenvalue weighted by molar-refractivity contribution is -0.385. The number of hydrogen-bond acceptors (Lipinski definition) is 4. The molecule has 1 rings (SSSR count). The average molecular weight is 252 g/mol. The molecule has 5 nitrogen and oxygen atoms in total. The molecule has 0 saturated carbocycles. The van der Waals surface area contributed by atoms with Crippen molar-refractivity contribution in [3.05, 3.63) is 28.3 Å². The van der Waals surface area contributed by atoms with Gasteiger partial charge < -0.3 is 10.1 Å². The zero-order valence-electron chi connectivity index (χ0n) is 11.1. The highest BCUT2D eigenvalue weighted by molar-refractivity contribution is 5.68.